The molecule has 1 N–H and O–H groups in total. The number of pyridine rings is 1. The smallest absolute Gasteiger partial charge is 0.334 e. The van der Waals surface area contributed by atoms with E-state index < -0.39 is 0 Å². The van der Waals surface area contributed by atoms with Crippen LogP contribution in [0.5, 0.6) is 0 Å². The first kappa shape index (κ1) is 17.3. The van der Waals surface area contributed by atoms with Crippen LogP contribution in [0.3, 0.4) is 0 Å². The van der Waals surface area contributed by atoms with E-state index in [1.54, 1.807) is 6.92 Å². The molecule has 1 aromatic heterocycles. The topological polar surface area (TPSA) is 59.2 Å². The van der Waals surface area contributed by atoms with Crippen LogP contribution >= 0.6 is 0 Å². The van der Waals surface area contributed by atoms with Gasteiger partial charge in [0.25, 0.3) is 0 Å². The Morgan fingerprint density at radius 1 is 1.04 bits per heavy atom. The number of aromatic amines is 1. The van der Waals surface area contributed by atoms with Crippen LogP contribution in [0, 0.1) is 0 Å². The second-order valence-electron chi connectivity index (χ2n) is 6.65. The molecule has 2 aromatic carbocycles. The summed E-state index contributed by atoms with van der Waals surface area (Å²) >= 11 is 0. The van der Waals surface area contributed by atoms with E-state index in [0.717, 1.165) is 23.2 Å². The highest BCUT2D eigenvalue weighted by Crippen LogP contribution is 2.34. The van der Waals surface area contributed by atoms with E-state index in [1.165, 1.54) is 0 Å². The number of aryl methyl sites for hydroxylation is 1. The molecule has 27 heavy (non-hydrogen) atoms. The summed E-state index contributed by atoms with van der Waals surface area (Å²) in [5.41, 5.74) is 4.42. The molecule has 0 amide bonds. The van der Waals surface area contributed by atoms with E-state index in [2.05, 4.69) is 4.98 Å². The molecule has 0 saturated heterocycles. The number of esters is 1. The monoisotopic (exact) mass is 359 g/mol. The minimum absolute atomic E-state index is 0.0399. The molecule has 136 valence electrons. The van der Waals surface area contributed by atoms with Gasteiger partial charge in [-0.05, 0) is 43.9 Å². The summed E-state index contributed by atoms with van der Waals surface area (Å²) in [5.74, 6) is -0.336. The summed E-state index contributed by atoms with van der Waals surface area (Å²) in [5, 5.41) is 0.634. The molecule has 4 rings (SSSR count). The number of H-pyrrole nitrogens is 1. The normalized spacial score (nSPS) is 14.0. The predicted molar refractivity (Wildman–Crippen MR) is 107 cm³/mol. The lowest BCUT2D eigenvalue weighted by Gasteiger charge is -2.15. The van der Waals surface area contributed by atoms with E-state index >= 15 is 0 Å². The molecule has 0 saturated carbocycles. The van der Waals surface area contributed by atoms with Crippen LogP contribution in [0.15, 0.2) is 65.0 Å². The molecule has 0 fully saturated rings. The van der Waals surface area contributed by atoms with Gasteiger partial charge in [-0.2, -0.15) is 0 Å². The number of hydrogen-bond donors (Lipinski definition) is 1. The second-order valence-corrected chi connectivity index (χ2v) is 6.65. The zero-order chi connectivity index (χ0) is 18.8. The van der Waals surface area contributed by atoms with Gasteiger partial charge < -0.3 is 9.72 Å². The average Bonchev–Trinajstić information content (AvgIpc) is 2.89. The predicted octanol–water partition coefficient (Wildman–Crippen LogP) is 4.23. The second kappa shape index (κ2) is 7.23. The van der Waals surface area contributed by atoms with E-state index in [0.29, 0.717) is 41.5 Å². The van der Waals surface area contributed by atoms with Crippen molar-refractivity contribution in [1.29, 1.82) is 0 Å². The Balaban J connectivity index is 2.09. The largest absolute Gasteiger partial charge is 0.463 e. The molecule has 1 heterocycles. The Labute approximate surface area is 157 Å². The van der Waals surface area contributed by atoms with Gasteiger partial charge in [-0.3, -0.25) is 4.79 Å². The van der Waals surface area contributed by atoms with Gasteiger partial charge in [-0.15, -0.1) is 0 Å². The van der Waals surface area contributed by atoms with Gasteiger partial charge in [0.1, 0.15) is 0 Å². The van der Waals surface area contributed by atoms with Crippen molar-refractivity contribution in [2.75, 3.05) is 6.61 Å². The fraction of sp³-hybridized carbons (Fsp3) is 0.217. The Bertz CT molecular complexity index is 1090. The van der Waals surface area contributed by atoms with Crippen molar-refractivity contribution in [2.24, 2.45) is 0 Å². The van der Waals surface area contributed by atoms with Crippen LogP contribution in [-0.4, -0.2) is 17.6 Å². The van der Waals surface area contributed by atoms with Crippen LogP contribution < -0.4 is 5.43 Å². The minimum atomic E-state index is -0.336. The number of carbonyl (C=O) groups is 1. The van der Waals surface area contributed by atoms with Crippen LogP contribution in [0.2, 0.25) is 0 Å². The number of fused-ring (bicyclic) bond motifs is 2. The van der Waals surface area contributed by atoms with Gasteiger partial charge in [0.2, 0.25) is 0 Å². The maximum Gasteiger partial charge on any atom is 0.334 e. The molecule has 0 radical (unpaired) electrons. The molecule has 0 bridgehead atoms. The highest BCUT2D eigenvalue weighted by molar-refractivity contribution is 6.03. The standard InChI is InChI=1S/C23H21NO3/c1-2-27-23(26)17-12-8-14-19-21(20(17)15-9-4-3-5-10-15)22(25)16-11-6-7-13-18(16)24-19/h3-7,9-11,13H,2,8,12,14H2,1H3,(H,24,25). The number of benzene rings is 2. The molecule has 3 aromatic rings. The summed E-state index contributed by atoms with van der Waals surface area (Å²) in [7, 11) is 0. The lowest BCUT2D eigenvalue weighted by Crippen LogP contribution is -2.17. The quantitative estimate of drug-likeness (QED) is 0.712. The third kappa shape index (κ3) is 3.08. The highest BCUT2D eigenvalue weighted by Gasteiger charge is 2.27. The van der Waals surface area contributed by atoms with Crippen LogP contribution in [0.25, 0.3) is 16.5 Å². The molecule has 0 spiro atoms. The number of para-hydroxylation sites is 1. The fourth-order valence-electron chi connectivity index (χ4n) is 3.80. The molecule has 1 aliphatic rings. The first-order valence-corrected chi connectivity index (χ1v) is 9.30. The van der Waals surface area contributed by atoms with Crippen molar-refractivity contribution < 1.29 is 9.53 Å². The Morgan fingerprint density at radius 2 is 1.78 bits per heavy atom. The molecule has 1 aliphatic carbocycles. The van der Waals surface area contributed by atoms with Crippen molar-refractivity contribution >= 4 is 22.4 Å². The first-order chi connectivity index (χ1) is 13.2. The summed E-state index contributed by atoms with van der Waals surface area (Å²) in [4.78, 5) is 29.6. The summed E-state index contributed by atoms with van der Waals surface area (Å²) in [6.45, 7) is 2.11. The van der Waals surface area contributed by atoms with Gasteiger partial charge in [-0.25, -0.2) is 4.79 Å². The number of ether oxygens (including phenoxy) is 1. The van der Waals surface area contributed by atoms with Gasteiger partial charge >= 0.3 is 5.97 Å². The van der Waals surface area contributed by atoms with Gasteiger partial charge in [-0.1, -0.05) is 42.5 Å². The molecule has 4 nitrogen and oxygen atoms in total. The molecule has 0 atom stereocenters. The van der Waals surface area contributed by atoms with E-state index in [4.69, 9.17) is 4.74 Å². The van der Waals surface area contributed by atoms with Crippen LogP contribution in [-0.2, 0) is 16.0 Å². The molecular formula is C23H21NO3. The lowest BCUT2D eigenvalue weighted by molar-refractivity contribution is -0.138. The van der Waals surface area contributed by atoms with Gasteiger partial charge in [0.05, 0.1) is 12.2 Å². The average molecular weight is 359 g/mol. The third-order valence-corrected chi connectivity index (χ3v) is 4.98. The maximum absolute atomic E-state index is 13.4. The van der Waals surface area contributed by atoms with Crippen molar-refractivity contribution in [3.8, 4) is 0 Å². The van der Waals surface area contributed by atoms with Crippen molar-refractivity contribution in [2.45, 2.75) is 26.2 Å². The fourth-order valence-corrected chi connectivity index (χ4v) is 3.80. The zero-order valence-electron chi connectivity index (χ0n) is 15.2. The van der Waals surface area contributed by atoms with Crippen LogP contribution in [0.1, 0.15) is 36.6 Å². The highest BCUT2D eigenvalue weighted by atomic mass is 16.5. The lowest BCUT2D eigenvalue weighted by atomic mass is 9.91. The first-order valence-electron chi connectivity index (χ1n) is 9.30. The number of hydrogen-bond acceptors (Lipinski definition) is 3. The number of carbonyl (C=O) groups excluding carboxylic acids is 1. The Kier molecular flexibility index (Phi) is 4.63. The zero-order valence-corrected chi connectivity index (χ0v) is 15.2. The van der Waals surface area contributed by atoms with Crippen molar-refractivity contribution in [3.63, 3.8) is 0 Å². The SMILES string of the molecule is CCOC(=O)C1=C(c2ccccc2)c2c([nH]c3ccccc3c2=O)CCC1. The summed E-state index contributed by atoms with van der Waals surface area (Å²) < 4.78 is 5.32. The van der Waals surface area contributed by atoms with E-state index in [9.17, 15) is 9.59 Å². The van der Waals surface area contributed by atoms with Gasteiger partial charge in [0.15, 0.2) is 5.43 Å². The van der Waals surface area contributed by atoms with E-state index in [-0.39, 0.29) is 11.4 Å². The van der Waals surface area contributed by atoms with Gasteiger partial charge in [0, 0.05) is 27.7 Å². The van der Waals surface area contributed by atoms with Crippen LogP contribution in [0.4, 0.5) is 0 Å². The van der Waals surface area contributed by atoms with Crippen molar-refractivity contribution in [1.82, 2.24) is 4.98 Å². The third-order valence-electron chi connectivity index (χ3n) is 4.98. The minimum Gasteiger partial charge on any atom is -0.463 e. The molecule has 4 heteroatoms. The molecule has 0 aliphatic heterocycles. The number of aromatic nitrogens is 1. The number of rotatable bonds is 3. The Morgan fingerprint density at radius 3 is 2.56 bits per heavy atom. The van der Waals surface area contributed by atoms with Crippen molar-refractivity contribution in [3.05, 3.63) is 87.2 Å². The maximum atomic E-state index is 13.4. The Hall–Kier alpha value is -3.14. The molecule has 0 unspecified atom stereocenters. The summed E-state index contributed by atoms with van der Waals surface area (Å²) in [6.07, 6.45) is 2.09. The summed E-state index contributed by atoms with van der Waals surface area (Å²) in [6, 6.07) is 17.2. The number of nitrogens with one attached hydrogen (secondary N) is 1. The molecular weight excluding hydrogens is 338 g/mol. The van der Waals surface area contributed by atoms with E-state index in [1.807, 2.05) is 54.6 Å².